The van der Waals surface area contributed by atoms with Crippen LogP contribution in [0.4, 0.5) is 13.2 Å². The zero-order chi connectivity index (χ0) is 32.4. The van der Waals surface area contributed by atoms with Crippen molar-refractivity contribution in [1.82, 2.24) is 5.32 Å². The van der Waals surface area contributed by atoms with Crippen LogP contribution in [0, 0.1) is 0 Å². The molecule has 232 valence electrons. The van der Waals surface area contributed by atoms with Gasteiger partial charge in [-0.05, 0) is 59.7 Å². The summed E-state index contributed by atoms with van der Waals surface area (Å²) >= 11 is 0. The van der Waals surface area contributed by atoms with Crippen molar-refractivity contribution < 1.29 is 46.9 Å². The Morgan fingerprint density at radius 1 is 0.733 bits per heavy atom. The number of carbonyl (C=O) groups excluding carboxylic acids is 3. The van der Waals surface area contributed by atoms with Crippen molar-refractivity contribution in [1.29, 1.82) is 0 Å². The lowest BCUT2D eigenvalue weighted by atomic mass is 9.85. The molecule has 4 aromatic rings. The van der Waals surface area contributed by atoms with E-state index in [0.29, 0.717) is 17.9 Å². The highest BCUT2D eigenvalue weighted by Crippen LogP contribution is 2.30. The third-order valence-corrected chi connectivity index (χ3v) is 6.70. The highest BCUT2D eigenvalue weighted by atomic mass is 19.4. The Balaban J connectivity index is 1.53. The van der Waals surface area contributed by atoms with Crippen LogP contribution in [0.3, 0.4) is 0 Å². The van der Waals surface area contributed by atoms with Crippen LogP contribution >= 0.6 is 0 Å². The van der Waals surface area contributed by atoms with Gasteiger partial charge in [-0.3, -0.25) is 19.2 Å². The third-order valence-electron chi connectivity index (χ3n) is 6.70. The summed E-state index contributed by atoms with van der Waals surface area (Å²) in [5, 5.41) is 11.2. The van der Waals surface area contributed by atoms with E-state index in [9.17, 15) is 32.3 Å². The molecule has 0 aliphatic rings. The number of ketones is 2. The second-order valence-corrected chi connectivity index (χ2v) is 9.94. The van der Waals surface area contributed by atoms with E-state index in [-0.39, 0.29) is 36.1 Å². The number of carboxylic acid groups (broad SMARTS) is 1. The summed E-state index contributed by atoms with van der Waals surface area (Å²) in [7, 11) is 0. The molecule has 0 aliphatic carbocycles. The van der Waals surface area contributed by atoms with Gasteiger partial charge in [0.05, 0.1) is 12.3 Å². The van der Waals surface area contributed by atoms with Crippen LogP contribution in [0.2, 0.25) is 0 Å². The zero-order valence-electron chi connectivity index (χ0n) is 23.8. The fourth-order valence-electron chi connectivity index (χ4n) is 4.42. The van der Waals surface area contributed by atoms with Gasteiger partial charge in [0.2, 0.25) is 0 Å². The van der Waals surface area contributed by atoms with Crippen LogP contribution in [-0.2, 0) is 11.4 Å². The first kappa shape index (κ1) is 32.5. The smallest absolute Gasteiger partial charge is 0.489 e. The van der Waals surface area contributed by atoms with Crippen LogP contribution in [0.15, 0.2) is 103 Å². The summed E-state index contributed by atoms with van der Waals surface area (Å²) in [6.45, 7) is 0.263. The van der Waals surface area contributed by atoms with Gasteiger partial charge in [0.25, 0.3) is 5.91 Å². The van der Waals surface area contributed by atoms with Crippen LogP contribution in [0.25, 0.3) is 0 Å². The largest absolute Gasteiger partial charge is 0.573 e. The molecule has 0 heterocycles. The Kier molecular flexibility index (Phi) is 10.7. The molecule has 0 bridgehead atoms. The molecule has 8 nitrogen and oxygen atoms in total. The van der Waals surface area contributed by atoms with Crippen LogP contribution < -0.4 is 14.8 Å². The number of aliphatic carboxylic acids is 1. The maximum atomic E-state index is 13.8. The number of hydrogen-bond acceptors (Lipinski definition) is 6. The SMILES string of the molecule is O=C(O)CCNC(=O)c1ccc(C(=O)C(CC(=O)c2ccc(OC(F)(F)F)cc2)c2ccc(OCc3ccccc3)cc2)cc1. The van der Waals surface area contributed by atoms with Gasteiger partial charge >= 0.3 is 12.3 Å². The molecule has 1 unspecified atom stereocenters. The number of ether oxygens (including phenoxy) is 2. The van der Waals surface area contributed by atoms with E-state index in [0.717, 1.165) is 17.7 Å². The van der Waals surface area contributed by atoms with Gasteiger partial charge < -0.3 is 19.9 Å². The number of amides is 1. The first-order valence-electron chi connectivity index (χ1n) is 13.8. The molecular formula is C34H28F3NO7. The fourth-order valence-corrected chi connectivity index (χ4v) is 4.42. The van der Waals surface area contributed by atoms with Crippen molar-refractivity contribution >= 4 is 23.4 Å². The minimum atomic E-state index is -4.88. The monoisotopic (exact) mass is 619 g/mol. The minimum absolute atomic E-state index is 0.0621. The Labute approximate surface area is 256 Å². The molecule has 2 N–H and O–H groups in total. The van der Waals surface area contributed by atoms with Gasteiger partial charge in [0.1, 0.15) is 18.1 Å². The molecule has 45 heavy (non-hydrogen) atoms. The second-order valence-electron chi connectivity index (χ2n) is 9.94. The van der Waals surface area contributed by atoms with Crippen LogP contribution in [0.1, 0.15) is 61.0 Å². The Bertz CT molecular complexity index is 1620. The molecule has 0 spiro atoms. The lowest BCUT2D eigenvalue weighted by Gasteiger charge is -2.17. The molecule has 0 saturated heterocycles. The predicted molar refractivity (Wildman–Crippen MR) is 157 cm³/mol. The minimum Gasteiger partial charge on any atom is -0.489 e. The summed E-state index contributed by atoms with van der Waals surface area (Å²) in [6, 6.07) is 26.4. The van der Waals surface area contributed by atoms with Crippen molar-refractivity contribution in [3.8, 4) is 11.5 Å². The zero-order valence-corrected chi connectivity index (χ0v) is 23.8. The molecule has 0 radical (unpaired) electrons. The first-order valence-corrected chi connectivity index (χ1v) is 13.8. The quantitative estimate of drug-likeness (QED) is 0.153. The van der Waals surface area contributed by atoms with Crippen molar-refractivity contribution in [2.75, 3.05) is 6.54 Å². The van der Waals surface area contributed by atoms with E-state index >= 15 is 0 Å². The third kappa shape index (κ3) is 9.78. The highest BCUT2D eigenvalue weighted by molar-refractivity contribution is 6.06. The maximum absolute atomic E-state index is 13.8. The number of nitrogens with one attached hydrogen (secondary N) is 1. The number of benzene rings is 4. The van der Waals surface area contributed by atoms with E-state index in [1.54, 1.807) is 24.3 Å². The molecule has 0 aliphatic heterocycles. The number of rotatable bonds is 14. The van der Waals surface area contributed by atoms with E-state index in [2.05, 4.69) is 10.1 Å². The molecule has 4 aromatic carbocycles. The van der Waals surface area contributed by atoms with Gasteiger partial charge in [-0.15, -0.1) is 13.2 Å². The van der Waals surface area contributed by atoms with Crippen molar-refractivity contribution in [3.05, 3.63) is 131 Å². The number of carboxylic acids is 1. The lowest BCUT2D eigenvalue weighted by molar-refractivity contribution is -0.274. The van der Waals surface area contributed by atoms with E-state index in [1.807, 2.05) is 30.3 Å². The van der Waals surface area contributed by atoms with E-state index in [1.165, 1.54) is 36.4 Å². The molecule has 11 heteroatoms. The molecule has 1 atom stereocenters. The van der Waals surface area contributed by atoms with Crippen molar-refractivity contribution in [3.63, 3.8) is 0 Å². The summed E-state index contributed by atoms with van der Waals surface area (Å²) in [5.41, 5.74) is 2.00. The Morgan fingerprint density at radius 3 is 1.91 bits per heavy atom. The van der Waals surface area contributed by atoms with Crippen LogP contribution in [0.5, 0.6) is 11.5 Å². The molecular weight excluding hydrogens is 591 g/mol. The normalized spacial score (nSPS) is 11.7. The van der Waals surface area contributed by atoms with E-state index in [4.69, 9.17) is 9.84 Å². The van der Waals surface area contributed by atoms with Gasteiger partial charge in [-0.2, -0.15) is 0 Å². The maximum Gasteiger partial charge on any atom is 0.573 e. The topological polar surface area (TPSA) is 119 Å². The number of halogens is 3. The average Bonchev–Trinajstić information content (AvgIpc) is 3.02. The fraction of sp³-hybridized carbons (Fsp3) is 0.176. The molecule has 0 saturated carbocycles. The highest BCUT2D eigenvalue weighted by Gasteiger charge is 2.31. The predicted octanol–water partition coefficient (Wildman–Crippen LogP) is 6.61. The molecule has 4 rings (SSSR count). The van der Waals surface area contributed by atoms with Gasteiger partial charge in [0.15, 0.2) is 11.6 Å². The number of alkyl halides is 3. The number of carbonyl (C=O) groups is 4. The van der Waals surface area contributed by atoms with Gasteiger partial charge in [0, 0.05) is 29.7 Å². The molecule has 0 fully saturated rings. The molecule has 1 amide bonds. The summed E-state index contributed by atoms with van der Waals surface area (Å²) in [5.74, 6) is -3.38. The second kappa shape index (κ2) is 14.8. The Morgan fingerprint density at radius 2 is 1.31 bits per heavy atom. The summed E-state index contributed by atoms with van der Waals surface area (Å²) in [4.78, 5) is 50.0. The van der Waals surface area contributed by atoms with Crippen molar-refractivity contribution in [2.24, 2.45) is 0 Å². The van der Waals surface area contributed by atoms with E-state index < -0.39 is 41.5 Å². The average molecular weight is 620 g/mol. The van der Waals surface area contributed by atoms with Crippen molar-refractivity contribution in [2.45, 2.75) is 31.7 Å². The summed E-state index contributed by atoms with van der Waals surface area (Å²) in [6.07, 6.45) is -5.42. The standard InChI is InChI=1S/C34H28F3NO7/c35-34(36,37)45-28-16-12-24(13-17-28)30(39)20-29(23-10-14-27(15-11-23)44-21-22-4-2-1-3-5-22)32(42)25-6-8-26(9-7-25)33(43)38-19-18-31(40)41/h1-17,29H,18-21H2,(H,38,43)(H,40,41). The number of Topliss-reactive ketones (excluding diaryl/α,β-unsaturated/α-hetero) is 2. The Hall–Kier alpha value is -5.45. The molecule has 0 aromatic heterocycles. The summed E-state index contributed by atoms with van der Waals surface area (Å²) < 4.78 is 47.3. The van der Waals surface area contributed by atoms with Gasteiger partial charge in [-0.25, -0.2) is 0 Å². The lowest BCUT2D eigenvalue weighted by Crippen LogP contribution is -2.26. The van der Waals surface area contributed by atoms with Gasteiger partial charge in [-0.1, -0.05) is 54.6 Å². The number of hydrogen-bond donors (Lipinski definition) is 2. The first-order chi connectivity index (χ1) is 21.5. The van der Waals surface area contributed by atoms with Crippen LogP contribution in [-0.4, -0.2) is 41.5 Å².